The molecule has 2 aromatic heterocycles. The zero-order valence-electron chi connectivity index (χ0n) is 15.1. The predicted molar refractivity (Wildman–Crippen MR) is 96.6 cm³/mol. The second kappa shape index (κ2) is 7.16. The first-order valence-corrected chi connectivity index (χ1v) is 8.65. The summed E-state index contributed by atoms with van der Waals surface area (Å²) in [4.78, 5) is 14.7. The van der Waals surface area contributed by atoms with Crippen LogP contribution in [0.2, 0.25) is 0 Å². The van der Waals surface area contributed by atoms with Crippen LogP contribution in [0.3, 0.4) is 0 Å². The lowest BCUT2D eigenvalue weighted by Gasteiger charge is -2.18. The molecule has 0 spiro atoms. The number of aromatic nitrogens is 6. The first kappa shape index (κ1) is 17.2. The van der Waals surface area contributed by atoms with Crippen molar-refractivity contribution >= 4 is 11.6 Å². The Kier molecular flexibility index (Phi) is 4.55. The number of tetrazole rings is 1. The topological polar surface area (TPSA) is 114 Å². The highest BCUT2D eigenvalue weighted by molar-refractivity contribution is 5.93. The number of rotatable bonds is 4. The highest BCUT2D eigenvalue weighted by Crippen LogP contribution is 2.23. The van der Waals surface area contributed by atoms with Gasteiger partial charge in [-0.15, -0.1) is 5.10 Å². The molecule has 2 N–H and O–H groups in total. The van der Waals surface area contributed by atoms with E-state index in [0.29, 0.717) is 37.0 Å². The third-order valence-electron chi connectivity index (χ3n) is 4.48. The number of anilines is 1. The summed E-state index contributed by atoms with van der Waals surface area (Å²) in [5.41, 5.74) is 3.18. The van der Waals surface area contributed by atoms with E-state index in [0.717, 1.165) is 17.0 Å². The number of hydrogen-bond acceptors (Lipinski definition) is 7. The van der Waals surface area contributed by atoms with Gasteiger partial charge in [0.05, 0.1) is 23.6 Å². The van der Waals surface area contributed by atoms with Crippen molar-refractivity contribution in [1.82, 2.24) is 35.3 Å². The van der Waals surface area contributed by atoms with E-state index in [1.165, 1.54) is 0 Å². The number of aromatic amines is 1. The molecule has 10 nitrogen and oxygen atoms in total. The van der Waals surface area contributed by atoms with Crippen molar-refractivity contribution in [3.05, 3.63) is 41.2 Å². The summed E-state index contributed by atoms with van der Waals surface area (Å²) in [5, 5.41) is 21.1. The quantitative estimate of drug-likeness (QED) is 0.701. The fraction of sp³-hybridized carbons (Fsp3) is 0.353. The molecule has 1 amide bonds. The molecule has 3 aromatic rings. The van der Waals surface area contributed by atoms with E-state index in [9.17, 15) is 4.79 Å². The molecule has 0 fully saturated rings. The maximum absolute atomic E-state index is 12.6. The van der Waals surface area contributed by atoms with Gasteiger partial charge in [-0.1, -0.05) is 23.3 Å². The molecule has 3 heterocycles. The minimum atomic E-state index is -0.103. The van der Waals surface area contributed by atoms with Gasteiger partial charge in [0.1, 0.15) is 12.4 Å². The summed E-state index contributed by atoms with van der Waals surface area (Å²) in [6, 6.07) is 7.91. The van der Waals surface area contributed by atoms with E-state index < -0.39 is 0 Å². The van der Waals surface area contributed by atoms with Gasteiger partial charge in [0.2, 0.25) is 5.91 Å². The lowest BCUT2D eigenvalue weighted by molar-refractivity contribution is -0.117. The van der Waals surface area contributed by atoms with Crippen LogP contribution in [0, 0.1) is 13.8 Å². The number of carbonyl (C=O) groups excluding carboxylic acids is 1. The van der Waals surface area contributed by atoms with Crippen molar-refractivity contribution in [2.24, 2.45) is 0 Å². The summed E-state index contributed by atoms with van der Waals surface area (Å²) in [5.74, 6) is 1.11. The van der Waals surface area contributed by atoms with Crippen LogP contribution in [0.1, 0.15) is 17.0 Å². The van der Waals surface area contributed by atoms with Crippen molar-refractivity contribution in [3.63, 3.8) is 0 Å². The molecule has 1 aromatic carbocycles. The monoisotopic (exact) mass is 368 g/mol. The Bertz CT molecular complexity index is 950. The van der Waals surface area contributed by atoms with Crippen LogP contribution >= 0.6 is 0 Å². The summed E-state index contributed by atoms with van der Waals surface area (Å²) in [6.07, 6.45) is 0. The molecule has 10 heteroatoms. The van der Waals surface area contributed by atoms with Crippen molar-refractivity contribution in [2.45, 2.75) is 20.4 Å². The van der Waals surface area contributed by atoms with E-state index in [2.05, 4.69) is 35.9 Å². The normalized spacial score (nSPS) is 14.3. The Balaban J connectivity index is 1.46. The third-order valence-corrected chi connectivity index (χ3v) is 4.48. The molecule has 0 radical (unpaired) electrons. The number of fused-ring (bicyclic) bond motifs is 1. The molecule has 140 valence electrons. The van der Waals surface area contributed by atoms with Crippen LogP contribution in [0.25, 0.3) is 5.95 Å². The first-order valence-electron chi connectivity index (χ1n) is 8.65. The van der Waals surface area contributed by atoms with Gasteiger partial charge in [0.15, 0.2) is 0 Å². The number of carbonyl (C=O) groups is 1. The number of ether oxygens (including phenoxy) is 1. The molecule has 0 saturated carbocycles. The minimum absolute atomic E-state index is 0.103. The molecule has 0 saturated heterocycles. The van der Waals surface area contributed by atoms with Gasteiger partial charge in [-0.3, -0.25) is 9.69 Å². The lowest BCUT2D eigenvalue weighted by atomic mass is 10.2. The van der Waals surface area contributed by atoms with Crippen LogP contribution in [-0.2, 0) is 11.3 Å². The Morgan fingerprint density at radius 2 is 2.19 bits per heavy atom. The Hall–Kier alpha value is -3.27. The van der Waals surface area contributed by atoms with Crippen molar-refractivity contribution in [1.29, 1.82) is 0 Å². The van der Waals surface area contributed by atoms with E-state index in [-0.39, 0.29) is 12.5 Å². The van der Waals surface area contributed by atoms with Gasteiger partial charge in [-0.05, 0) is 25.1 Å². The molecule has 1 aliphatic heterocycles. The average Bonchev–Trinajstić information content (AvgIpc) is 3.21. The van der Waals surface area contributed by atoms with Crippen molar-refractivity contribution < 1.29 is 9.53 Å². The molecule has 27 heavy (non-hydrogen) atoms. The molecule has 0 atom stereocenters. The van der Waals surface area contributed by atoms with Gasteiger partial charge >= 0.3 is 0 Å². The Morgan fingerprint density at radius 1 is 1.33 bits per heavy atom. The van der Waals surface area contributed by atoms with Crippen LogP contribution < -0.4 is 10.1 Å². The lowest BCUT2D eigenvalue weighted by Crippen LogP contribution is -2.34. The van der Waals surface area contributed by atoms with Crippen LogP contribution in [-0.4, -0.2) is 60.9 Å². The van der Waals surface area contributed by atoms with Crippen LogP contribution in [0.15, 0.2) is 24.3 Å². The zero-order chi connectivity index (χ0) is 18.8. The smallest absolute Gasteiger partial charge is 0.290 e. The van der Waals surface area contributed by atoms with E-state index in [4.69, 9.17) is 4.74 Å². The largest absolute Gasteiger partial charge is 0.492 e. The Morgan fingerprint density at radius 3 is 3.00 bits per heavy atom. The number of nitrogens with one attached hydrogen (secondary N) is 2. The first-order chi connectivity index (χ1) is 13.1. The number of hydrogen-bond donors (Lipinski definition) is 2. The fourth-order valence-electron chi connectivity index (χ4n) is 3.16. The summed E-state index contributed by atoms with van der Waals surface area (Å²) in [7, 11) is 0. The summed E-state index contributed by atoms with van der Waals surface area (Å²) >= 11 is 0. The number of para-hydroxylation sites is 1. The van der Waals surface area contributed by atoms with Gasteiger partial charge in [0.25, 0.3) is 5.95 Å². The van der Waals surface area contributed by atoms with Gasteiger partial charge < -0.3 is 10.1 Å². The maximum Gasteiger partial charge on any atom is 0.290 e. The molecular formula is C17H20N8O2. The Labute approximate surface area is 155 Å². The van der Waals surface area contributed by atoms with E-state index >= 15 is 0 Å². The molecule has 1 aliphatic rings. The van der Waals surface area contributed by atoms with Crippen LogP contribution in [0.5, 0.6) is 5.75 Å². The maximum atomic E-state index is 12.6. The zero-order valence-corrected chi connectivity index (χ0v) is 15.1. The number of H-pyrrole nitrogens is 1. The van der Waals surface area contributed by atoms with Crippen molar-refractivity contribution in [3.8, 4) is 11.7 Å². The number of benzene rings is 1. The molecule has 4 rings (SSSR count). The standard InChI is InChI=1S/C17H20N8O2/c1-11-16(12(2)25(21-11)17-19-22-23-20-17)18-15(26)10-24-7-8-27-14-6-4-3-5-13(14)9-24/h3-6H,7-10H2,1-2H3,(H,18,26)(H,19,20,22,23). The van der Waals surface area contributed by atoms with Crippen LogP contribution in [0.4, 0.5) is 5.69 Å². The average molecular weight is 368 g/mol. The van der Waals surface area contributed by atoms with Gasteiger partial charge in [0, 0.05) is 18.7 Å². The summed E-state index contributed by atoms with van der Waals surface area (Å²) < 4.78 is 7.30. The molecule has 0 aliphatic carbocycles. The number of nitrogens with zero attached hydrogens (tertiary/aromatic N) is 6. The van der Waals surface area contributed by atoms with E-state index in [1.807, 2.05) is 38.1 Å². The van der Waals surface area contributed by atoms with Gasteiger partial charge in [-0.25, -0.2) is 0 Å². The SMILES string of the molecule is Cc1nn(-c2nn[nH]n2)c(C)c1NC(=O)CN1CCOc2ccccc2C1. The minimum Gasteiger partial charge on any atom is -0.492 e. The number of amides is 1. The predicted octanol–water partition coefficient (Wildman–Crippen LogP) is 0.835. The molecule has 0 unspecified atom stereocenters. The molecular weight excluding hydrogens is 348 g/mol. The van der Waals surface area contributed by atoms with E-state index in [1.54, 1.807) is 4.68 Å². The second-order valence-corrected chi connectivity index (χ2v) is 6.38. The number of aryl methyl sites for hydroxylation is 1. The third kappa shape index (κ3) is 3.51. The highest BCUT2D eigenvalue weighted by Gasteiger charge is 2.20. The second-order valence-electron chi connectivity index (χ2n) is 6.38. The highest BCUT2D eigenvalue weighted by atomic mass is 16.5. The fourth-order valence-corrected chi connectivity index (χ4v) is 3.16. The van der Waals surface area contributed by atoms with Crippen molar-refractivity contribution in [2.75, 3.05) is 25.0 Å². The molecule has 0 bridgehead atoms. The van der Waals surface area contributed by atoms with Gasteiger partial charge in [-0.2, -0.15) is 15.0 Å². The summed E-state index contributed by atoms with van der Waals surface area (Å²) in [6.45, 7) is 5.85.